The van der Waals surface area contributed by atoms with Gasteiger partial charge in [0.1, 0.15) is 19.3 Å². The van der Waals surface area contributed by atoms with Crippen molar-refractivity contribution in [1.29, 1.82) is 0 Å². The van der Waals surface area contributed by atoms with Gasteiger partial charge in [0.05, 0.1) is 34.4 Å². The average molecular weight is 767 g/mol. The highest BCUT2D eigenvalue weighted by Crippen LogP contribution is 2.16. The molecule has 0 saturated heterocycles. The third-order valence-corrected chi connectivity index (χ3v) is 9.94. The van der Waals surface area contributed by atoms with E-state index in [4.69, 9.17) is 14.2 Å². The van der Waals surface area contributed by atoms with Crippen LogP contribution in [-0.2, 0) is 23.8 Å². The fraction of sp³-hybridized carbons (Fsp3) is 0.870. The van der Waals surface area contributed by atoms with Crippen LogP contribution in [0.2, 0.25) is 0 Å². The number of rotatable bonds is 42. The van der Waals surface area contributed by atoms with E-state index in [1.807, 2.05) is 21.1 Å². The Balaban J connectivity index is 3.38. The lowest BCUT2D eigenvalue weighted by Gasteiger charge is -2.24. The molecule has 2 N–H and O–H groups in total. The number of unbranched alkanes of at least 4 members (excludes halogenated alkanes) is 26. The van der Waals surface area contributed by atoms with E-state index in [9.17, 15) is 19.8 Å². The average Bonchev–Trinajstić information content (AvgIpc) is 3.13. The van der Waals surface area contributed by atoms with Crippen LogP contribution in [0.4, 0.5) is 0 Å². The molecule has 318 valence electrons. The first kappa shape index (κ1) is 52.3. The lowest BCUT2D eigenvalue weighted by atomic mass is 10.0. The summed E-state index contributed by atoms with van der Waals surface area (Å²) in [6, 6.07) is 0. The van der Waals surface area contributed by atoms with Gasteiger partial charge in [0.2, 0.25) is 0 Å². The van der Waals surface area contributed by atoms with Crippen LogP contribution in [0.1, 0.15) is 200 Å². The molecule has 0 radical (unpaired) electrons. The molecule has 0 bridgehead atoms. The van der Waals surface area contributed by atoms with E-state index < -0.39 is 18.4 Å². The molecule has 0 aliphatic carbocycles. The Morgan fingerprint density at radius 2 is 0.963 bits per heavy atom. The molecule has 0 aliphatic heterocycles. The van der Waals surface area contributed by atoms with E-state index in [0.29, 0.717) is 17.4 Å². The number of quaternary nitrogens is 1. The molecule has 0 saturated carbocycles. The lowest BCUT2D eigenvalue weighted by Crippen LogP contribution is -2.40. The molecule has 54 heavy (non-hydrogen) atoms. The van der Waals surface area contributed by atoms with Crippen LogP contribution in [0.5, 0.6) is 0 Å². The van der Waals surface area contributed by atoms with Gasteiger partial charge in [-0.05, 0) is 38.5 Å². The fourth-order valence-electron chi connectivity index (χ4n) is 6.39. The van der Waals surface area contributed by atoms with Gasteiger partial charge in [0.25, 0.3) is 6.29 Å². The molecule has 0 fully saturated rings. The normalized spacial score (nSPS) is 13.3. The number of allylic oxidation sites excluding steroid dienone is 4. The number of carbonyl (C=O) groups is 2. The minimum absolute atomic E-state index is 0.212. The van der Waals surface area contributed by atoms with Crippen molar-refractivity contribution in [2.24, 2.45) is 0 Å². The van der Waals surface area contributed by atoms with Gasteiger partial charge in [-0.2, -0.15) is 0 Å². The Morgan fingerprint density at radius 3 is 1.37 bits per heavy atom. The molecule has 0 rings (SSSR count). The van der Waals surface area contributed by atoms with Crippen molar-refractivity contribution in [3.63, 3.8) is 0 Å². The van der Waals surface area contributed by atoms with Crippen molar-refractivity contribution in [1.82, 2.24) is 0 Å². The first-order valence-corrected chi connectivity index (χ1v) is 22.6. The van der Waals surface area contributed by atoms with Crippen LogP contribution in [-0.4, -0.2) is 86.5 Å². The summed E-state index contributed by atoms with van der Waals surface area (Å²) >= 11 is 0. The predicted octanol–water partition coefficient (Wildman–Crippen LogP) is 11.9. The number of ether oxygens (including phenoxy) is 3. The topological polar surface area (TPSA) is 102 Å². The summed E-state index contributed by atoms with van der Waals surface area (Å²) in [6.07, 6.45) is 45.3. The van der Waals surface area contributed by atoms with Crippen molar-refractivity contribution < 1.29 is 38.5 Å². The van der Waals surface area contributed by atoms with Crippen molar-refractivity contribution in [3.8, 4) is 0 Å². The Hall–Kier alpha value is -1.74. The van der Waals surface area contributed by atoms with Gasteiger partial charge in [-0.1, -0.05) is 179 Å². The van der Waals surface area contributed by atoms with Crippen LogP contribution in [0, 0.1) is 0 Å². The maximum atomic E-state index is 12.0. The molecule has 8 nitrogen and oxygen atoms in total. The summed E-state index contributed by atoms with van der Waals surface area (Å²) in [5.41, 5.74) is 0. The Labute approximate surface area is 333 Å². The number of nitrogens with zero attached hydrogens (tertiary/aromatic N) is 1. The fourth-order valence-corrected chi connectivity index (χ4v) is 6.39. The van der Waals surface area contributed by atoms with Gasteiger partial charge in [-0.15, -0.1) is 0 Å². The van der Waals surface area contributed by atoms with Gasteiger partial charge < -0.3 is 28.9 Å². The lowest BCUT2D eigenvalue weighted by molar-refractivity contribution is -0.870. The SMILES string of the molecule is CCCCCCC/C=C\C/C=C\CCCCCCCCCCCCCCCCCCCCCCCC(=O)OCC(O)COC(OCC[N+](C)(C)C)C(=O)O. The first-order valence-electron chi connectivity index (χ1n) is 22.6. The zero-order chi connectivity index (χ0) is 39.8. The highest BCUT2D eigenvalue weighted by molar-refractivity contribution is 5.70. The molecule has 8 heteroatoms. The maximum absolute atomic E-state index is 12.0. The second kappa shape index (κ2) is 39.5. The molecule has 2 unspecified atom stereocenters. The maximum Gasteiger partial charge on any atom is 0.361 e. The van der Waals surface area contributed by atoms with Gasteiger partial charge in [0, 0.05) is 6.42 Å². The third-order valence-electron chi connectivity index (χ3n) is 9.94. The molecule has 2 atom stereocenters. The highest BCUT2D eigenvalue weighted by Gasteiger charge is 2.22. The van der Waals surface area contributed by atoms with Gasteiger partial charge in [-0.25, -0.2) is 4.79 Å². The number of aliphatic hydroxyl groups excluding tert-OH is 1. The number of hydrogen-bond donors (Lipinski definition) is 2. The number of aliphatic carboxylic acids is 1. The molecular formula is C46H88NO7+. The summed E-state index contributed by atoms with van der Waals surface area (Å²) in [6.45, 7) is 2.60. The van der Waals surface area contributed by atoms with E-state index in [0.717, 1.165) is 25.7 Å². The molecule has 0 aromatic rings. The number of likely N-dealkylation sites (N-methyl/N-ethyl adjacent to an activating group) is 1. The largest absolute Gasteiger partial charge is 0.477 e. The molecule has 0 aliphatic rings. The van der Waals surface area contributed by atoms with Crippen LogP contribution in [0.3, 0.4) is 0 Å². The van der Waals surface area contributed by atoms with Crippen LogP contribution < -0.4 is 0 Å². The summed E-state index contributed by atoms with van der Waals surface area (Å²) in [5, 5.41) is 19.3. The minimum Gasteiger partial charge on any atom is -0.477 e. The zero-order valence-electron chi connectivity index (χ0n) is 35.9. The third kappa shape index (κ3) is 41.4. The zero-order valence-corrected chi connectivity index (χ0v) is 35.9. The molecule has 0 spiro atoms. The van der Waals surface area contributed by atoms with Crippen molar-refractivity contribution in [3.05, 3.63) is 24.3 Å². The van der Waals surface area contributed by atoms with Gasteiger partial charge >= 0.3 is 11.9 Å². The second-order valence-corrected chi connectivity index (χ2v) is 16.6. The minimum atomic E-state index is -1.46. The van der Waals surface area contributed by atoms with Gasteiger partial charge in [-0.3, -0.25) is 4.79 Å². The smallest absolute Gasteiger partial charge is 0.361 e. The van der Waals surface area contributed by atoms with Crippen molar-refractivity contribution >= 4 is 11.9 Å². The summed E-state index contributed by atoms with van der Waals surface area (Å²) in [4.78, 5) is 23.3. The first-order chi connectivity index (χ1) is 26.2. The number of aliphatic hydroxyl groups is 1. The Morgan fingerprint density at radius 1 is 0.556 bits per heavy atom. The number of carboxylic acid groups (broad SMARTS) is 1. The van der Waals surface area contributed by atoms with E-state index in [1.165, 1.54) is 161 Å². The van der Waals surface area contributed by atoms with Gasteiger partial charge in [0.15, 0.2) is 0 Å². The second-order valence-electron chi connectivity index (χ2n) is 16.6. The number of hydrogen-bond acceptors (Lipinski definition) is 6. The molecule has 0 heterocycles. The number of carboxylic acids is 1. The van der Waals surface area contributed by atoms with E-state index in [-0.39, 0.29) is 25.8 Å². The predicted molar refractivity (Wildman–Crippen MR) is 226 cm³/mol. The standard InChI is InChI=1S/C46H87NO7/c1-5-6-7-8-9-10-11-12-13-14-15-16-17-18-19-20-21-22-23-24-25-26-27-28-29-30-31-32-33-34-35-36-37-38-44(49)53-41-43(48)42-54-46(45(50)51)52-40-39-47(2,3)4/h11-12,14-15,43,46,48H,5-10,13,16-42H2,1-4H3/p+1/b12-11-,15-14-. The molecule has 0 aromatic carbocycles. The van der Waals surface area contributed by atoms with Crippen molar-refractivity contribution in [2.45, 2.75) is 212 Å². The summed E-state index contributed by atoms with van der Waals surface area (Å²) < 4.78 is 16.2. The van der Waals surface area contributed by atoms with E-state index >= 15 is 0 Å². The highest BCUT2D eigenvalue weighted by atomic mass is 16.7. The molecule has 0 amide bonds. The quantitative estimate of drug-likeness (QED) is 0.0210. The molecular weight excluding hydrogens is 679 g/mol. The Kier molecular flexibility index (Phi) is 38.2. The van der Waals surface area contributed by atoms with Crippen LogP contribution in [0.25, 0.3) is 0 Å². The summed E-state index contributed by atoms with van der Waals surface area (Å²) in [5.74, 6) is -1.60. The number of carbonyl (C=O) groups excluding carboxylic acids is 1. The van der Waals surface area contributed by atoms with E-state index in [1.54, 1.807) is 0 Å². The summed E-state index contributed by atoms with van der Waals surface area (Å²) in [7, 11) is 5.93. The monoisotopic (exact) mass is 767 g/mol. The van der Waals surface area contributed by atoms with Crippen LogP contribution in [0.15, 0.2) is 24.3 Å². The Bertz CT molecular complexity index is 885. The van der Waals surface area contributed by atoms with Crippen molar-refractivity contribution in [2.75, 3.05) is 47.5 Å². The number of esters is 1. The molecule has 0 aromatic heterocycles. The van der Waals surface area contributed by atoms with Crippen LogP contribution >= 0.6 is 0 Å². The van der Waals surface area contributed by atoms with E-state index in [2.05, 4.69) is 31.2 Å².